The highest BCUT2D eigenvalue weighted by atomic mass is 32.2. The lowest BCUT2D eigenvalue weighted by atomic mass is 10.3. The molecule has 2 N–H and O–H groups in total. The molecule has 1 aliphatic rings. The minimum Gasteiger partial charge on any atom is -0.395 e. The van der Waals surface area contributed by atoms with Crippen molar-refractivity contribution in [3.05, 3.63) is 15.4 Å². The number of aliphatic hydroxyl groups excluding tert-OH is 1. The van der Waals surface area contributed by atoms with Crippen LogP contribution in [0.4, 0.5) is 0 Å². The van der Waals surface area contributed by atoms with E-state index in [1.807, 2.05) is 0 Å². The molecule has 0 aromatic carbocycles. The van der Waals surface area contributed by atoms with Gasteiger partial charge in [0, 0.05) is 18.3 Å². The first-order valence-corrected chi connectivity index (χ1v) is 10.3. The van der Waals surface area contributed by atoms with Crippen LogP contribution >= 0.6 is 11.3 Å². The van der Waals surface area contributed by atoms with E-state index in [0.717, 1.165) is 4.31 Å². The summed E-state index contributed by atoms with van der Waals surface area (Å²) in [6.07, 6.45) is 0.194. The molecule has 11 heteroatoms. The smallest absolute Gasteiger partial charge is 0.305 e. The molecule has 0 amide bonds. The number of sulfone groups is 1. The average molecular weight is 356 g/mol. The highest BCUT2D eigenvalue weighted by molar-refractivity contribution is 7.92. The zero-order valence-electron chi connectivity index (χ0n) is 11.3. The van der Waals surface area contributed by atoms with E-state index in [4.69, 9.17) is 5.11 Å². The van der Waals surface area contributed by atoms with Crippen molar-refractivity contribution in [1.82, 2.24) is 9.29 Å². The Hall–Kier alpha value is -0.750. The van der Waals surface area contributed by atoms with Crippen LogP contribution in [0.25, 0.3) is 0 Å². The number of aliphatic hydroxyl groups is 1. The van der Waals surface area contributed by atoms with Gasteiger partial charge in [0.1, 0.15) is 0 Å². The molecule has 0 bridgehead atoms. The van der Waals surface area contributed by atoms with Gasteiger partial charge in [0.05, 0.1) is 18.1 Å². The van der Waals surface area contributed by atoms with Crippen LogP contribution in [0.15, 0.2) is 9.00 Å². The Balaban J connectivity index is 2.42. The lowest BCUT2D eigenvalue weighted by Crippen LogP contribution is -2.42. The third-order valence-electron chi connectivity index (χ3n) is 3.26. The number of nitrogens with one attached hydrogen (secondary N) is 1. The first-order valence-electron chi connectivity index (χ1n) is 6.20. The summed E-state index contributed by atoms with van der Waals surface area (Å²) in [5, 5.41) is 9.09. The van der Waals surface area contributed by atoms with Crippen LogP contribution in [0.5, 0.6) is 0 Å². The molecule has 1 aromatic heterocycles. The van der Waals surface area contributed by atoms with Gasteiger partial charge in [-0.25, -0.2) is 16.8 Å². The maximum atomic E-state index is 12.6. The minimum atomic E-state index is -4.01. The molecule has 21 heavy (non-hydrogen) atoms. The highest BCUT2D eigenvalue weighted by Gasteiger charge is 2.39. The third-order valence-corrected chi connectivity index (χ3v) is 8.54. The Kier molecular flexibility index (Phi) is 4.59. The number of hydrogen-bond acceptors (Lipinski definition) is 7. The van der Waals surface area contributed by atoms with Gasteiger partial charge in [0.15, 0.2) is 14.0 Å². The van der Waals surface area contributed by atoms with Gasteiger partial charge < -0.3 is 10.1 Å². The molecule has 1 aliphatic heterocycles. The second-order valence-corrected chi connectivity index (χ2v) is 10.1. The zero-order valence-corrected chi connectivity index (χ0v) is 13.7. The molecule has 0 spiro atoms. The quantitative estimate of drug-likeness (QED) is 0.691. The summed E-state index contributed by atoms with van der Waals surface area (Å²) in [5.41, 5.74) is 0.216. The van der Waals surface area contributed by atoms with E-state index < -0.39 is 37.4 Å². The monoisotopic (exact) mass is 356 g/mol. The van der Waals surface area contributed by atoms with Crippen molar-refractivity contribution < 1.29 is 21.9 Å². The zero-order chi connectivity index (χ0) is 15.8. The molecule has 1 saturated heterocycles. The SMILES string of the molecule is Cc1[nH]c(=O)sc1S(=O)(=O)N(CCO)C1CCS(=O)(=O)C1. The van der Waals surface area contributed by atoms with Crippen LogP contribution in [-0.2, 0) is 19.9 Å². The van der Waals surface area contributed by atoms with Crippen LogP contribution < -0.4 is 4.87 Å². The largest absolute Gasteiger partial charge is 0.395 e. The van der Waals surface area contributed by atoms with Crippen molar-refractivity contribution in [2.45, 2.75) is 23.6 Å². The van der Waals surface area contributed by atoms with E-state index in [0.29, 0.717) is 11.3 Å². The normalized spacial score (nSPS) is 22.0. The Labute approximate surface area is 126 Å². The molecular weight excluding hydrogens is 340 g/mol. The topological polar surface area (TPSA) is 125 Å². The minimum absolute atomic E-state index is 0.0720. The van der Waals surface area contributed by atoms with Gasteiger partial charge in [-0.15, -0.1) is 0 Å². The number of thiazole rings is 1. The van der Waals surface area contributed by atoms with E-state index in [-0.39, 0.29) is 34.4 Å². The van der Waals surface area contributed by atoms with Crippen LogP contribution in [0.2, 0.25) is 0 Å². The highest BCUT2D eigenvalue weighted by Crippen LogP contribution is 2.27. The van der Waals surface area contributed by atoms with Crippen LogP contribution in [0, 0.1) is 6.92 Å². The number of H-pyrrole nitrogens is 1. The third kappa shape index (κ3) is 3.37. The maximum absolute atomic E-state index is 12.6. The fraction of sp³-hybridized carbons (Fsp3) is 0.700. The van der Waals surface area contributed by atoms with E-state index >= 15 is 0 Å². The first kappa shape index (κ1) is 16.6. The predicted molar refractivity (Wildman–Crippen MR) is 77.7 cm³/mol. The molecule has 0 saturated carbocycles. The number of hydrogen-bond donors (Lipinski definition) is 2. The summed E-state index contributed by atoms with van der Waals surface area (Å²) in [6, 6.07) is -0.705. The second kappa shape index (κ2) is 5.80. The van der Waals surface area contributed by atoms with Gasteiger partial charge in [-0.05, 0) is 13.3 Å². The van der Waals surface area contributed by atoms with Crippen molar-refractivity contribution in [3.8, 4) is 0 Å². The van der Waals surface area contributed by atoms with Crippen molar-refractivity contribution >= 4 is 31.2 Å². The molecule has 0 radical (unpaired) electrons. The fourth-order valence-electron chi connectivity index (χ4n) is 2.34. The van der Waals surface area contributed by atoms with Gasteiger partial charge in [-0.1, -0.05) is 11.3 Å². The van der Waals surface area contributed by atoms with E-state index in [9.17, 15) is 21.6 Å². The Bertz CT molecular complexity index is 776. The summed E-state index contributed by atoms with van der Waals surface area (Å²) in [4.78, 5) is 13.2. The van der Waals surface area contributed by atoms with Crippen LogP contribution in [0.3, 0.4) is 0 Å². The van der Waals surface area contributed by atoms with E-state index in [2.05, 4.69) is 4.98 Å². The molecule has 2 heterocycles. The predicted octanol–water partition coefficient (Wildman–Crippen LogP) is -1.09. The molecule has 0 aliphatic carbocycles. The number of sulfonamides is 1. The van der Waals surface area contributed by atoms with Crippen LogP contribution in [0.1, 0.15) is 12.1 Å². The summed E-state index contributed by atoms with van der Waals surface area (Å²) < 4.78 is 49.2. The summed E-state index contributed by atoms with van der Waals surface area (Å²) in [6.45, 7) is 0.843. The number of aryl methyl sites for hydroxylation is 1. The number of rotatable bonds is 5. The molecule has 1 unspecified atom stereocenters. The molecule has 8 nitrogen and oxygen atoms in total. The standard InChI is InChI=1S/C10H16N2O6S3/c1-7-9(19-10(14)11-7)21(17,18)12(3-4-13)8-2-5-20(15,16)6-8/h8,13H,2-6H2,1H3,(H,11,14). The van der Waals surface area contributed by atoms with Gasteiger partial charge in [0.2, 0.25) is 0 Å². The second-order valence-electron chi connectivity index (χ2n) is 4.82. The van der Waals surface area contributed by atoms with E-state index in [1.54, 1.807) is 0 Å². The summed E-state index contributed by atoms with van der Waals surface area (Å²) in [7, 11) is -7.27. The Morgan fingerprint density at radius 3 is 2.57 bits per heavy atom. The Morgan fingerprint density at radius 1 is 1.48 bits per heavy atom. The van der Waals surface area contributed by atoms with Crippen molar-refractivity contribution in [3.63, 3.8) is 0 Å². The summed E-state index contributed by atoms with van der Waals surface area (Å²) >= 11 is 0.562. The number of nitrogens with zero attached hydrogens (tertiary/aromatic N) is 1. The molecule has 1 atom stereocenters. The van der Waals surface area contributed by atoms with Crippen molar-refractivity contribution in [2.24, 2.45) is 0 Å². The average Bonchev–Trinajstić information content (AvgIpc) is 2.88. The van der Waals surface area contributed by atoms with Gasteiger partial charge in [-0.2, -0.15) is 4.31 Å². The van der Waals surface area contributed by atoms with Gasteiger partial charge in [-0.3, -0.25) is 4.79 Å². The van der Waals surface area contributed by atoms with Gasteiger partial charge in [0.25, 0.3) is 10.0 Å². The molecule has 120 valence electrons. The van der Waals surface area contributed by atoms with Crippen molar-refractivity contribution in [1.29, 1.82) is 0 Å². The number of aromatic amines is 1. The summed E-state index contributed by atoms with van der Waals surface area (Å²) in [5.74, 6) is -0.331. The first-order chi connectivity index (χ1) is 9.67. The van der Waals surface area contributed by atoms with Gasteiger partial charge >= 0.3 is 4.87 Å². The van der Waals surface area contributed by atoms with Crippen LogP contribution in [-0.4, -0.2) is 61.9 Å². The molecular formula is C10H16N2O6S3. The van der Waals surface area contributed by atoms with E-state index in [1.165, 1.54) is 6.92 Å². The lowest BCUT2D eigenvalue weighted by Gasteiger charge is -2.26. The lowest BCUT2D eigenvalue weighted by molar-refractivity contribution is 0.233. The molecule has 1 aromatic rings. The maximum Gasteiger partial charge on any atom is 0.305 e. The fourth-order valence-corrected chi connectivity index (χ4v) is 7.23. The Morgan fingerprint density at radius 2 is 2.14 bits per heavy atom. The molecule has 2 rings (SSSR count). The molecule has 1 fully saturated rings. The van der Waals surface area contributed by atoms with Crippen molar-refractivity contribution in [2.75, 3.05) is 24.7 Å². The number of aromatic nitrogens is 1.